The zero-order valence-corrected chi connectivity index (χ0v) is 13.3. The van der Waals surface area contributed by atoms with Crippen molar-refractivity contribution in [3.63, 3.8) is 0 Å². The third kappa shape index (κ3) is 3.24. The molecular weight excluding hydrogens is 284 g/mol. The lowest BCUT2D eigenvalue weighted by Crippen LogP contribution is -2.37. The maximum absolute atomic E-state index is 13.6. The van der Waals surface area contributed by atoms with Gasteiger partial charge in [0.2, 0.25) is 0 Å². The largest absolute Gasteiger partial charge is 0.312 e. The van der Waals surface area contributed by atoms with Crippen molar-refractivity contribution in [1.29, 1.82) is 0 Å². The van der Waals surface area contributed by atoms with E-state index in [1.807, 2.05) is 0 Å². The van der Waals surface area contributed by atoms with Crippen LogP contribution >= 0.6 is 23.2 Å². The van der Waals surface area contributed by atoms with Crippen LogP contribution in [0.3, 0.4) is 0 Å². The molecule has 2 atom stereocenters. The zero-order valence-electron chi connectivity index (χ0n) is 11.8. The Kier molecular flexibility index (Phi) is 3.90. The summed E-state index contributed by atoms with van der Waals surface area (Å²) in [5, 5.41) is 4.14. The first kappa shape index (κ1) is 15.1. The minimum absolute atomic E-state index is 0.0409. The van der Waals surface area contributed by atoms with Crippen molar-refractivity contribution >= 4 is 23.2 Å². The van der Waals surface area contributed by atoms with E-state index in [2.05, 4.69) is 33.0 Å². The number of hydrogen-bond donors (Lipinski definition) is 1. The van der Waals surface area contributed by atoms with Crippen molar-refractivity contribution in [2.24, 2.45) is 5.92 Å². The average Bonchev–Trinajstić information content (AvgIpc) is 2.92. The van der Waals surface area contributed by atoms with E-state index in [0.717, 1.165) is 18.5 Å². The molecule has 0 saturated heterocycles. The standard InChI is InChI=1S/C15H20Cl2FN/c1-14(2,3)19-8-9-7-15(9,4)10-5-13(18)12(17)6-11(10)16/h5-6,9,19H,7-8H2,1-4H3. The van der Waals surface area contributed by atoms with Gasteiger partial charge in [-0.1, -0.05) is 30.1 Å². The Balaban J connectivity index is 2.14. The van der Waals surface area contributed by atoms with Crippen LogP contribution in [0.15, 0.2) is 12.1 Å². The highest BCUT2D eigenvalue weighted by atomic mass is 35.5. The smallest absolute Gasteiger partial charge is 0.142 e. The van der Waals surface area contributed by atoms with Gasteiger partial charge in [-0.05, 0) is 62.8 Å². The fraction of sp³-hybridized carbons (Fsp3) is 0.600. The minimum Gasteiger partial charge on any atom is -0.312 e. The SMILES string of the molecule is CC(C)(C)NCC1CC1(C)c1cc(F)c(Cl)cc1Cl. The minimum atomic E-state index is -0.392. The second-order valence-electron chi connectivity index (χ2n) is 6.70. The second-order valence-corrected chi connectivity index (χ2v) is 7.51. The Morgan fingerprint density at radius 3 is 2.53 bits per heavy atom. The van der Waals surface area contributed by atoms with Crippen LogP contribution in [-0.4, -0.2) is 12.1 Å². The van der Waals surface area contributed by atoms with Gasteiger partial charge in [0.05, 0.1) is 5.02 Å². The third-order valence-electron chi connectivity index (χ3n) is 3.92. The fourth-order valence-electron chi connectivity index (χ4n) is 2.47. The maximum atomic E-state index is 13.6. The Hall–Kier alpha value is -0.310. The van der Waals surface area contributed by atoms with E-state index in [-0.39, 0.29) is 16.0 Å². The van der Waals surface area contributed by atoms with E-state index in [4.69, 9.17) is 23.2 Å². The summed E-state index contributed by atoms with van der Waals surface area (Å²) in [7, 11) is 0. The first-order valence-electron chi connectivity index (χ1n) is 6.53. The highest BCUT2D eigenvalue weighted by Crippen LogP contribution is 2.55. The molecule has 2 unspecified atom stereocenters. The number of benzene rings is 1. The zero-order chi connectivity index (χ0) is 14.4. The number of halogens is 3. The molecule has 1 N–H and O–H groups in total. The Morgan fingerprint density at radius 1 is 1.32 bits per heavy atom. The molecule has 4 heteroatoms. The van der Waals surface area contributed by atoms with Gasteiger partial charge in [-0.15, -0.1) is 0 Å². The van der Waals surface area contributed by atoms with Gasteiger partial charge in [0.1, 0.15) is 5.82 Å². The first-order chi connectivity index (χ1) is 8.63. The van der Waals surface area contributed by atoms with Crippen molar-refractivity contribution in [2.75, 3.05) is 6.54 Å². The van der Waals surface area contributed by atoms with Gasteiger partial charge >= 0.3 is 0 Å². The van der Waals surface area contributed by atoms with Gasteiger partial charge in [-0.2, -0.15) is 0 Å². The van der Waals surface area contributed by atoms with Crippen LogP contribution in [-0.2, 0) is 5.41 Å². The van der Waals surface area contributed by atoms with Crippen molar-refractivity contribution in [3.8, 4) is 0 Å². The molecule has 19 heavy (non-hydrogen) atoms. The molecule has 1 aliphatic rings. The Bertz CT molecular complexity index is 496. The lowest BCUT2D eigenvalue weighted by Gasteiger charge is -2.22. The predicted molar refractivity (Wildman–Crippen MR) is 79.6 cm³/mol. The van der Waals surface area contributed by atoms with Crippen LogP contribution in [0.5, 0.6) is 0 Å². The van der Waals surface area contributed by atoms with Crippen molar-refractivity contribution in [3.05, 3.63) is 33.6 Å². The highest BCUT2D eigenvalue weighted by Gasteiger charge is 2.52. The van der Waals surface area contributed by atoms with E-state index in [1.54, 1.807) is 0 Å². The molecule has 1 nitrogen and oxygen atoms in total. The van der Waals surface area contributed by atoms with E-state index in [0.29, 0.717) is 10.9 Å². The van der Waals surface area contributed by atoms with Gasteiger partial charge < -0.3 is 5.32 Å². The molecule has 106 valence electrons. The van der Waals surface area contributed by atoms with Crippen molar-refractivity contribution in [1.82, 2.24) is 5.32 Å². The summed E-state index contributed by atoms with van der Waals surface area (Å²) in [4.78, 5) is 0. The predicted octanol–water partition coefficient (Wildman–Crippen LogP) is 4.80. The quantitative estimate of drug-likeness (QED) is 0.791. The molecular formula is C15H20Cl2FN. The van der Waals surface area contributed by atoms with Crippen LogP contribution in [0.25, 0.3) is 0 Å². The fourth-order valence-corrected chi connectivity index (χ4v) is 3.07. The summed E-state index contributed by atoms with van der Waals surface area (Å²) in [6.45, 7) is 9.47. The van der Waals surface area contributed by atoms with Gasteiger partial charge in [0.15, 0.2) is 0 Å². The lowest BCUT2D eigenvalue weighted by atomic mass is 9.95. The van der Waals surface area contributed by atoms with E-state index in [1.165, 1.54) is 12.1 Å². The molecule has 0 aliphatic heterocycles. The van der Waals surface area contributed by atoms with Crippen molar-refractivity contribution < 1.29 is 4.39 Å². The average molecular weight is 304 g/mol. The molecule has 1 saturated carbocycles. The summed E-state index contributed by atoms with van der Waals surface area (Å²) in [5.74, 6) is 0.0986. The first-order valence-corrected chi connectivity index (χ1v) is 7.29. The van der Waals surface area contributed by atoms with Crippen LogP contribution in [0.4, 0.5) is 4.39 Å². The molecule has 0 aromatic heterocycles. The van der Waals surface area contributed by atoms with Gasteiger partial charge in [-0.3, -0.25) is 0 Å². The Labute approximate surface area is 124 Å². The molecule has 0 radical (unpaired) electrons. The normalized spacial score (nSPS) is 26.6. The topological polar surface area (TPSA) is 12.0 Å². The summed E-state index contributed by atoms with van der Waals surface area (Å²) in [6.07, 6.45) is 1.02. The highest BCUT2D eigenvalue weighted by molar-refractivity contribution is 6.35. The molecule has 1 fully saturated rings. The van der Waals surface area contributed by atoms with E-state index < -0.39 is 5.82 Å². The van der Waals surface area contributed by atoms with Gasteiger partial charge in [0, 0.05) is 10.6 Å². The van der Waals surface area contributed by atoms with Crippen molar-refractivity contribution in [2.45, 2.75) is 45.1 Å². The molecule has 0 spiro atoms. The molecule has 1 aromatic carbocycles. The van der Waals surface area contributed by atoms with E-state index in [9.17, 15) is 4.39 Å². The van der Waals surface area contributed by atoms with E-state index >= 15 is 0 Å². The molecule has 2 rings (SSSR count). The summed E-state index contributed by atoms with van der Waals surface area (Å²) < 4.78 is 13.6. The third-order valence-corrected chi connectivity index (χ3v) is 4.52. The second kappa shape index (κ2) is 4.91. The number of hydrogen-bond acceptors (Lipinski definition) is 1. The number of rotatable bonds is 3. The summed E-state index contributed by atoms with van der Waals surface area (Å²) in [6, 6.07) is 2.99. The van der Waals surface area contributed by atoms with Crippen LogP contribution in [0.1, 0.15) is 39.7 Å². The number of nitrogens with one attached hydrogen (secondary N) is 1. The molecule has 1 aliphatic carbocycles. The summed E-state index contributed by atoms with van der Waals surface area (Å²) >= 11 is 12.0. The van der Waals surface area contributed by atoms with Gasteiger partial charge in [0.25, 0.3) is 0 Å². The molecule has 0 bridgehead atoms. The molecule has 0 amide bonds. The van der Waals surface area contributed by atoms with Crippen LogP contribution < -0.4 is 5.32 Å². The maximum Gasteiger partial charge on any atom is 0.142 e. The lowest BCUT2D eigenvalue weighted by molar-refractivity contribution is 0.406. The Morgan fingerprint density at radius 2 is 1.95 bits per heavy atom. The van der Waals surface area contributed by atoms with Crippen LogP contribution in [0.2, 0.25) is 10.0 Å². The monoisotopic (exact) mass is 303 g/mol. The molecule has 1 aromatic rings. The van der Waals surface area contributed by atoms with Crippen LogP contribution in [0, 0.1) is 11.7 Å². The summed E-state index contributed by atoms with van der Waals surface area (Å²) in [5.41, 5.74) is 0.927. The van der Waals surface area contributed by atoms with Gasteiger partial charge in [-0.25, -0.2) is 4.39 Å². The molecule has 0 heterocycles.